The van der Waals surface area contributed by atoms with E-state index < -0.39 is 0 Å². The van der Waals surface area contributed by atoms with Crippen molar-refractivity contribution in [2.75, 3.05) is 7.05 Å². The van der Waals surface area contributed by atoms with Gasteiger partial charge in [-0.1, -0.05) is 41.5 Å². The maximum absolute atomic E-state index is 11.0. The third-order valence-corrected chi connectivity index (χ3v) is 2.38. The van der Waals surface area contributed by atoms with Crippen molar-refractivity contribution in [3.05, 3.63) is 43.3 Å². The SMILES string of the molecule is CC.CC.CC.[CH2-]CC(=O)N(C)C(C)C(C)=O.[I][V][I].[Y].[c-]1ccccc1. The van der Waals surface area contributed by atoms with Gasteiger partial charge < -0.3 is 11.8 Å². The van der Waals surface area contributed by atoms with Crippen molar-refractivity contribution in [3.63, 3.8) is 0 Å². The van der Waals surface area contributed by atoms with E-state index in [9.17, 15) is 9.59 Å². The van der Waals surface area contributed by atoms with Gasteiger partial charge in [0.1, 0.15) is 0 Å². The average Bonchev–Trinajstić information content (AvgIpc) is 2.73. The van der Waals surface area contributed by atoms with Crippen LogP contribution in [0.25, 0.3) is 0 Å². The van der Waals surface area contributed by atoms with Crippen molar-refractivity contribution in [2.24, 2.45) is 0 Å². The number of rotatable bonds is 3. The molecule has 0 N–H and O–H groups in total. The fourth-order valence-electron chi connectivity index (χ4n) is 1.01. The summed E-state index contributed by atoms with van der Waals surface area (Å²) < 4.78 is 0. The Morgan fingerprint density at radius 3 is 1.52 bits per heavy atom. The number of benzene rings is 1. The Hall–Kier alpha value is 1.51. The molecule has 7 heteroatoms. The summed E-state index contributed by atoms with van der Waals surface area (Å²) in [6, 6.07) is 12.2. The van der Waals surface area contributed by atoms with Crippen LogP contribution in [0.15, 0.2) is 30.3 Å². The van der Waals surface area contributed by atoms with Gasteiger partial charge in [-0.25, -0.2) is 0 Å². The summed E-state index contributed by atoms with van der Waals surface area (Å²) in [5.41, 5.74) is 0. The van der Waals surface area contributed by atoms with Gasteiger partial charge in [-0.2, -0.15) is 36.4 Å². The minimum Gasteiger partial charge on any atom is -0.184 e. The number of ketones is 1. The molecule has 3 nitrogen and oxygen atoms in total. The van der Waals surface area contributed by atoms with Crippen molar-refractivity contribution in [2.45, 2.75) is 67.9 Å². The zero-order valence-electron chi connectivity index (χ0n) is 18.4. The molecule has 1 aromatic rings. The second-order valence-electron chi connectivity index (χ2n) is 3.68. The van der Waals surface area contributed by atoms with Gasteiger partial charge in [-0.05, 0) is 13.8 Å². The van der Waals surface area contributed by atoms with Gasteiger partial charge in [0.15, 0.2) is 11.7 Å². The first-order valence-corrected chi connectivity index (χ1v) is 17.8. The molecule has 1 rings (SSSR count). The average molecular weight is 717 g/mol. The predicted octanol–water partition coefficient (Wildman–Crippen LogP) is 6.98. The smallest absolute Gasteiger partial charge is 0 e. The fraction of sp³-hybridized carbons (Fsp3) is 0.550. The summed E-state index contributed by atoms with van der Waals surface area (Å²) in [5, 5.41) is 0. The zero-order chi connectivity index (χ0) is 22.0. The Bertz CT molecular complexity index is 346. The van der Waals surface area contributed by atoms with Crippen LogP contribution in [-0.4, -0.2) is 29.7 Å². The van der Waals surface area contributed by atoms with Crippen LogP contribution in [0.1, 0.15) is 61.8 Å². The summed E-state index contributed by atoms with van der Waals surface area (Å²) in [6.07, 6.45) is 0.203. The first-order valence-electron chi connectivity index (χ1n) is 8.81. The van der Waals surface area contributed by atoms with Gasteiger partial charge in [0.2, 0.25) is 0 Å². The largest absolute Gasteiger partial charge is 0.184 e. The molecule has 0 fully saturated rings. The van der Waals surface area contributed by atoms with Crippen molar-refractivity contribution in [3.8, 4) is 0 Å². The molecule has 0 saturated heterocycles. The van der Waals surface area contributed by atoms with Gasteiger partial charge in [0, 0.05) is 39.8 Å². The maximum Gasteiger partial charge on any atom is 0 e. The molecule has 0 spiro atoms. The molecule has 1 amide bonds. The number of amides is 1. The number of nitrogens with zero attached hydrogens (tertiary/aromatic N) is 1. The molecule has 0 aromatic heterocycles. The summed E-state index contributed by atoms with van der Waals surface area (Å²) in [6.45, 7) is 18.6. The maximum atomic E-state index is 11.0. The van der Waals surface area contributed by atoms with E-state index in [1.54, 1.807) is 14.0 Å². The molecule has 0 bridgehead atoms. The quantitative estimate of drug-likeness (QED) is 0.250. The minimum atomic E-state index is -0.329. The molecule has 0 saturated carbocycles. The van der Waals surface area contributed by atoms with E-state index in [4.69, 9.17) is 0 Å². The van der Waals surface area contributed by atoms with Crippen molar-refractivity contribution in [1.82, 2.24) is 4.90 Å². The number of carbonyl (C=O) groups is 2. The molecule has 1 radical (unpaired) electrons. The van der Waals surface area contributed by atoms with Gasteiger partial charge in [0.25, 0.3) is 0 Å². The molecule has 0 aliphatic heterocycles. The van der Waals surface area contributed by atoms with Crippen LogP contribution >= 0.6 is 40.0 Å². The second kappa shape index (κ2) is 41.8. The first kappa shape index (κ1) is 42.6. The minimum absolute atomic E-state index is 0. The number of carbonyl (C=O) groups excluding carboxylic acids is 2. The van der Waals surface area contributed by atoms with Crippen molar-refractivity contribution >= 4 is 51.6 Å². The third-order valence-electron chi connectivity index (χ3n) is 2.38. The monoisotopic (exact) mass is 717 g/mol. The van der Waals surface area contributed by atoms with Crippen LogP contribution in [-0.2, 0) is 51.8 Å². The normalized spacial score (nSPS) is 8.00. The summed E-state index contributed by atoms with van der Waals surface area (Å²) in [5.74, 6) is -0.109. The van der Waals surface area contributed by atoms with E-state index >= 15 is 0 Å². The van der Waals surface area contributed by atoms with Gasteiger partial charge in [-0.3, -0.25) is 9.59 Å². The molecule has 0 heterocycles. The molecule has 158 valence electrons. The number of hydrogen-bond acceptors (Lipinski definition) is 2. The standard InChI is InChI=1S/C8H14NO2.C6H5.3C2H6.2HI.V.Y/c1-5-8(11)9(4)6(2)7(3)10;1-2-4-6-5-3-1;3*1-2;;;;/h6H,1,5H2,2-4H3;1-5H;3*1-2H3;2*1H;;/q2*-1;;;;;;+2;/p-2. The van der Waals surface area contributed by atoms with Crippen LogP contribution in [0.3, 0.4) is 0 Å². The van der Waals surface area contributed by atoms with Crippen molar-refractivity contribution < 1.29 is 51.8 Å². The predicted molar refractivity (Wildman–Crippen MR) is 130 cm³/mol. The Labute approximate surface area is 223 Å². The van der Waals surface area contributed by atoms with Gasteiger partial charge in [-0.15, -0.1) is 6.42 Å². The van der Waals surface area contributed by atoms with Crippen molar-refractivity contribution in [1.29, 1.82) is 0 Å². The van der Waals surface area contributed by atoms with E-state index in [-0.39, 0.29) is 56.9 Å². The third kappa shape index (κ3) is 38.7. The van der Waals surface area contributed by atoms with Crippen LogP contribution < -0.4 is 0 Å². The van der Waals surface area contributed by atoms with E-state index in [1.165, 1.54) is 11.8 Å². The van der Waals surface area contributed by atoms with Crippen LogP contribution in [0.5, 0.6) is 0 Å². The van der Waals surface area contributed by atoms with Crippen LogP contribution in [0.2, 0.25) is 0 Å². The van der Waals surface area contributed by atoms with Crippen LogP contribution in [0.4, 0.5) is 0 Å². The molecular weight excluding hydrogens is 680 g/mol. The van der Waals surface area contributed by atoms with E-state index in [0.717, 1.165) is 0 Å². The van der Waals surface area contributed by atoms with Crippen LogP contribution in [0, 0.1) is 13.0 Å². The molecule has 1 unspecified atom stereocenters. The van der Waals surface area contributed by atoms with E-state index in [2.05, 4.69) is 52.9 Å². The molecule has 0 aliphatic rings. The Morgan fingerprint density at radius 1 is 1.04 bits per heavy atom. The van der Waals surface area contributed by atoms with Gasteiger partial charge >= 0.3 is 49.4 Å². The zero-order valence-corrected chi connectivity index (χ0v) is 27.0. The molecule has 1 atom stereocenters. The number of Topliss-reactive ketones (excluding diaryl/α,β-unsaturated/α-hetero) is 1. The topological polar surface area (TPSA) is 37.4 Å². The van der Waals surface area contributed by atoms with E-state index in [1.807, 2.05) is 71.9 Å². The van der Waals surface area contributed by atoms with E-state index in [0.29, 0.717) is 9.47 Å². The number of likely N-dealkylation sites (N-methyl/N-ethyl adjacent to an activating group) is 1. The molecular formula is C20H37I2NO2VY-2. The molecule has 1 aromatic carbocycles. The molecule has 27 heavy (non-hydrogen) atoms. The Morgan fingerprint density at radius 2 is 1.37 bits per heavy atom. The Balaban J connectivity index is -0.0000000585. The Kier molecular flexibility index (Phi) is 65.9. The summed E-state index contributed by atoms with van der Waals surface area (Å²) >= 11 is 4.74. The molecule has 0 aliphatic carbocycles. The second-order valence-corrected chi connectivity index (χ2v) is 15.5. The first-order chi connectivity index (χ1) is 12.4. The number of hydrogen-bond donors (Lipinski definition) is 0. The number of halogens is 2. The summed E-state index contributed by atoms with van der Waals surface area (Å²) in [4.78, 5) is 23.2. The fourth-order valence-corrected chi connectivity index (χ4v) is 1.01. The van der Waals surface area contributed by atoms with Gasteiger partial charge in [0.05, 0.1) is 6.04 Å². The summed E-state index contributed by atoms with van der Waals surface area (Å²) in [7, 11) is 2.24.